The van der Waals surface area contributed by atoms with E-state index in [9.17, 15) is 9.59 Å². The molecule has 0 aliphatic heterocycles. The van der Waals surface area contributed by atoms with Gasteiger partial charge in [0.2, 0.25) is 5.91 Å². The van der Waals surface area contributed by atoms with E-state index in [4.69, 9.17) is 35.2 Å². The number of nitrogens with one attached hydrogen (secondary N) is 2. The minimum atomic E-state index is -0.520. The van der Waals surface area contributed by atoms with Crippen molar-refractivity contribution in [1.29, 1.82) is 0 Å². The van der Waals surface area contributed by atoms with Gasteiger partial charge in [0.15, 0.2) is 5.84 Å². The maximum Gasteiger partial charge on any atom is 0.407 e. The van der Waals surface area contributed by atoms with Crippen LogP contribution in [0.1, 0.15) is 38.8 Å². The molecular weight excluding hydrogens is 508 g/mol. The van der Waals surface area contributed by atoms with Crippen LogP contribution in [0, 0.1) is 0 Å². The standard InChI is InChI=1S/C26H44N6O7/c1-20(27)31-32-24(28)22-7-5-21(6-8-22)19-23(33)29-9-11-35-13-15-37-17-18-38-16-14-36-12-10-30-25(34)39-26(2,3)4/h5-8H,9-19H2,1-4H3,(H2,27,31)(H2,28,32)(H,29,33)(H,30,34). The Hall–Kier alpha value is -3.26. The lowest BCUT2D eigenvalue weighted by Gasteiger charge is -2.19. The van der Waals surface area contributed by atoms with Gasteiger partial charge in [0.1, 0.15) is 11.4 Å². The van der Waals surface area contributed by atoms with Crippen LogP contribution in [0.25, 0.3) is 0 Å². The van der Waals surface area contributed by atoms with E-state index in [0.29, 0.717) is 77.3 Å². The zero-order valence-electron chi connectivity index (χ0n) is 23.5. The summed E-state index contributed by atoms with van der Waals surface area (Å²) < 4.78 is 26.8. The number of ether oxygens (including phenoxy) is 5. The lowest BCUT2D eigenvalue weighted by atomic mass is 10.1. The average molecular weight is 553 g/mol. The summed E-state index contributed by atoms with van der Waals surface area (Å²) in [6, 6.07) is 7.18. The smallest absolute Gasteiger partial charge is 0.407 e. The first-order valence-electron chi connectivity index (χ1n) is 12.8. The predicted molar refractivity (Wildman–Crippen MR) is 149 cm³/mol. The average Bonchev–Trinajstić information content (AvgIpc) is 2.86. The van der Waals surface area contributed by atoms with Gasteiger partial charge in [-0.1, -0.05) is 24.3 Å². The minimum Gasteiger partial charge on any atom is -0.444 e. The highest BCUT2D eigenvalue weighted by molar-refractivity contribution is 5.97. The maximum absolute atomic E-state index is 12.1. The summed E-state index contributed by atoms with van der Waals surface area (Å²) >= 11 is 0. The van der Waals surface area contributed by atoms with Gasteiger partial charge in [0.05, 0.1) is 59.3 Å². The first-order valence-corrected chi connectivity index (χ1v) is 12.8. The van der Waals surface area contributed by atoms with Crippen molar-refractivity contribution < 1.29 is 33.3 Å². The number of carbonyl (C=O) groups is 2. The van der Waals surface area contributed by atoms with Crippen molar-refractivity contribution in [3.63, 3.8) is 0 Å². The summed E-state index contributed by atoms with van der Waals surface area (Å²) in [5, 5.41) is 13.0. The number of nitrogens with two attached hydrogens (primary N) is 2. The van der Waals surface area contributed by atoms with Crippen LogP contribution in [0.4, 0.5) is 4.79 Å². The van der Waals surface area contributed by atoms with E-state index < -0.39 is 11.7 Å². The van der Waals surface area contributed by atoms with Crippen LogP contribution in [0.5, 0.6) is 0 Å². The lowest BCUT2D eigenvalue weighted by molar-refractivity contribution is -0.120. The van der Waals surface area contributed by atoms with Crippen LogP contribution in [0.2, 0.25) is 0 Å². The van der Waals surface area contributed by atoms with Crippen molar-refractivity contribution in [1.82, 2.24) is 10.6 Å². The van der Waals surface area contributed by atoms with Crippen LogP contribution in [-0.4, -0.2) is 95.2 Å². The zero-order valence-corrected chi connectivity index (χ0v) is 23.5. The van der Waals surface area contributed by atoms with Crippen LogP contribution < -0.4 is 22.1 Å². The number of rotatable bonds is 19. The third-order valence-electron chi connectivity index (χ3n) is 4.53. The highest BCUT2D eigenvalue weighted by Gasteiger charge is 2.15. The van der Waals surface area contributed by atoms with Gasteiger partial charge in [0, 0.05) is 18.7 Å². The number of hydrogen-bond acceptors (Lipinski definition) is 9. The molecule has 1 aromatic carbocycles. The molecule has 0 saturated carbocycles. The Morgan fingerprint density at radius 1 is 0.769 bits per heavy atom. The van der Waals surface area contributed by atoms with Crippen LogP contribution in [0.3, 0.4) is 0 Å². The van der Waals surface area contributed by atoms with Gasteiger partial charge in [0.25, 0.3) is 0 Å². The van der Waals surface area contributed by atoms with Gasteiger partial charge in [-0.25, -0.2) is 4.79 Å². The molecule has 2 amide bonds. The Bertz CT molecular complexity index is 897. The summed E-state index contributed by atoms with van der Waals surface area (Å²) in [5.41, 5.74) is 12.3. The summed E-state index contributed by atoms with van der Waals surface area (Å²) in [7, 11) is 0. The Kier molecular flexibility index (Phi) is 17.1. The highest BCUT2D eigenvalue weighted by Crippen LogP contribution is 2.06. The summed E-state index contributed by atoms with van der Waals surface area (Å²) in [6.45, 7) is 11.2. The Balaban J connectivity index is 1.93. The number of amides is 2. The zero-order chi connectivity index (χ0) is 28.9. The van der Waals surface area contributed by atoms with Crippen molar-refractivity contribution in [3.05, 3.63) is 35.4 Å². The molecule has 220 valence electrons. The summed E-state index contributed by atoms with van der Waals surface area (Å²) in [5.74, 6) is 0.459. The largest absolute Gasteiger partial charge is 0.444 e. The highest BCUT2D eigenvalue weighted by atomic mass is 16.6. The molecule has 1 aromatic rings. The van der Waals surface area contributed by atoms with E-state index >= 15 is 0 Å². The molecular formula is C26H44N6O7. The second kappa shape index (κ2) is 19.8. The number of amidine groups is 2. The fraction of sp³-hybridized carbons (Fsp3) is 0.615. The van der Waals surface area contributed by atoms with Crippen LogP contribution in [0.15, 0.2) is 34.5 Å². The van der Waals surface area contributed by atoms with Crippen molar-refractivity contribution in [3.8, 4) is 0 Å². The first kappa shape index (κ1) is 33.8. The molecule has 13 heteroatoms. The molecule has 0 unspecified atom stereocenters. The number of benzene rings is 1. The van der Waals surface area contributed by atoms with Gasteiger partial charge in [-0.05, 0) is 33.3 Å². The van der Waals surface area contributed by atoms with Crippen molar-refractivity contribution >= 4 is 23.7 Å². The van der Waals surface area contributed by atoms with E-state index in [0.717, 1.165) is 5.56 Å². The topological polar surface area (TPSA) is 181 Å². The second-order valence-electron chi connectivity index (χ2n) is 9.33. The van der Waals surface area contributed by atoms with E-state index in [1.54, 1.807) is 39.8 Å². The fourth-order valence-electron chi connectivity index (χ4n) is 2.80. The molecule has 1 rings (SSSR count). The fourth-order valence-corrected chi connectivity index (χ4v) is 2.80. The molecule has 13 nitrogen and oxygen atoms in total. The normalized spacial score (nSPS) is 12.3. The predicted octanol–water partition coefficient (Wildman–Crippen LogP) is 0.934. The molecule has 0 fully saturated rings. The molecule has 0 bridgehead atoms. The molecule has 0 atom stereocenters. The van der Waals surface area contributed by atoms with E-state index in [-0.39, 0.29) is 18.2 Å². The van der Waals surface area contributed by atoms with Gasteiger partial charge in [-0.15, -0.1) is 10.2 Å². The Labute approximate surface area is 230 Å². The van der Waals surface area contributed by atoms with E-state index in [2.05, 4.69) is 20.8 Å². The van der Waals surface area contributed by atoms with Crippen molar-refractivity contribution in [2.24, 2.45) is 21.7 Å². The van der Waals surface area contributed by atoms with Crippen molar-refractivity contribution in [2.75, 3.05) is 65.9 Å². The molecule has 0 saturated heterocycles. The van der Waals surface area contributed by atoms with Gasteiger partial charge < -0.3 is 45.8 Å². The van der Waals surface area contributed by atoms with E-state index in [1.807, 2.05) is 12.1 Å². The quantitative estimate of drug-likeness (QED) is 0.0840. The first-order chi connectivity index (χ1) is 18.6. The lowest BCUT2D eigenvalue weighted by Crippen LogP contribution is -2.34. The second-order valence-corrected chi connectivity index (χ2v) is 9.33. The molecule has 0 aliphatic rings. The summed E-state index contributed by atoms with van der Waals surface area (Å²) in [4.78, 5) is 23.6. The molecule has 0 heterocycles. The monoisotopic (exact) mass is 552 g/mol. The number of alkyl carbamates (subject to hydrolysis) is 1. The number of nitrogens with zero attached hydrogens (tertiary/aromatic N) is 2. The van der Waals surface area contributed by atoms with E-state index in [1.165, 1.54) is 0 Å². The minimum absolute atomic E-state index is 0.104. The molecule has 0 aliphatic carbocycles. The van der Waals surface area contributed by atoms with Crippen LogP contribution >= 0.6 is 0 Å². The van der Waals surface area contributed by atoms with Crippen LogP contribution in [-0.2, 0) is 34.9 Å². The Morgan fingerprint density at radius 2 is 1.26 bits per heavy atom. The summed E-state index contributed by atoms with van der Waals surface area (Å²) in [6.07, 6.45) is -0.219. The van der Waals surface area contributed by atoms with Gasteiger partial charge in [-0.2, -0.15) is 0 Å². The molecule has 0 radical (unpaired) electrons. The Morgan fingerprint density at radius 3 is 1.74 bits per heavy atom. The van der Waals surface area contributed by atoms with Crippen molar-refractivity contribution in [2.45, 2.75) is 39.7 Å². The number of carbonyl (C=O) groups excluding carboxylic acids is 2. The molecule has 6 N–H and O–H groups in total. The third kappa shape index (κ3) is 19.5. The van der Waals surface area contributed by atoms with Gasteiger partial charge >= 0.3 is 6.09 Å². The molecule has 0 aromatic heterocycles. The van der Waals surface area contributed by atoms with Gasteiger partial charge in [-0.3, -0.25) is 4.79 Å². The third-order valence-corrected chi connectivity index (χ3v) is 4.53. The molecule has 39 heavy (non-hydrogen) atoms. The maximum atomic E-state index is 12.1. The molecule has 0 spiro atoms. The SMILES string of the molecule is C/C(N)=N/N=C(\N)c1ccc(CC(=O)NCCOCCOCCOCCOCCNC(=O)OC(C)(C)C)cc1. The number of hydrogen-bond donors (Lipinski definition) is 4.